The Hall–Kier alpha value is -2.90. The largest absolute Gasteiger partial charge is 0.465 e. The molecule has 7 nitrogen and oxygen atoms in total. The Labute approximate surface area is 180 Å². The molecular formula is C22H24ClN5O2. The molecule has 0 N–H and O–H groups in total. The summed E-state index contributed by atoms with van der Waals surface area (Å²) in [6, 6.07) is 11.3. The van der Waals surface area contributed by atoms with E-state index in [0.29, 0.717) is 18.2 Å². The number of hydrogen-bond acceptors (Lipinski definition) is 6. The lowest BCUT2D eigenvalue weighted by atomic mass is 10.0. The van der Waals surface area contributed by atoms with Crippen LogP contribution in [0.25, 0.3) is 22.4 Å². The van der Waals surface area contributed by atoms with Crippen molar-refractivity contribution in [1.29, 1.82) is 0 Å². The number of piperazine rings is 1. The van der Waals surface area contributed by atoms with E-state index in [-0.39, 0.29) is 12.0 Å². The molecule has 1 saturated heterocycles. The number of esters is 1. The molecule has 0 bridgehead atoms. The molecule has 30 heavy (non-hydrogen) atoms. The van der Waals surface area contributed by atoms with E-state index in [1.165, 1.54) is 0 Å². The van der Waals surface area contributed by atoms with Crippen molar-refractivity contribution in [2.75, 3.05) is 38.3 Å². The van der Waals surface area contributed by atoms with Crippen molar-refractivity contribution in [3.05, 3.63) is 60.0 Å². The Kier molecular flexibility index (Phi) is 6.01. The summed E-state index contributed by atoms with van der Waals surface area (Å²) in [5, 5.41) is 7.47. The topological polar surface area (TPSA) is 63.5 Å². The molecule has 2 aromatic heterocycles. The van der Waals surface area contributed by atoms with Crippen LogP contribution in [0.4, 0.5) is 0 Å². The quantitative estimate of drug-likeness (QED) is 0.585. The van der Waals surface area contributed by atoms with Crippen LogP contribution in [0, 0.1) is 0 Å². The van der Waals surface area contributed by atoms with E-state index in [4.69, 9.17) is 21.4 Å². The number of aromatic nitrogens is 3. The number of benzene rings is 1. The first-order valence-electron chi connectivity index (χ1n) is 9.95. The summed E-state index contributed by atoms with van der Waals surface area (Å²) in [6.07, 6.45) is 5.40. The molecule has 0 spiro atoms. The number of carbonyl (C=O) groups excluding carboxylic acids is 1. The fourth-order valence-electron chi connectivity index (χ4n) is 3.70. The zero-order chi connectivity index (χ0) is 21.1. The Balaban J connectivity index is 1.75. The SMILES string of the molecule is CCOC(=O)C1CN(n2ncc(-c3ccncc3)c2-c2ccc(Cl)cc2)CCN1C. The molecule has 0 radical (unpaired) electrons. The maximum Gasteiger partial charge on any atom is 0.325 e. The van der Waals surface area contributed by atoms with Crippen molar-refractivity contribution < 1.29 is 9.53 Å². The maximum absolute atomic E-state index is 12.5. The first-order chi connectivity index (χ1) is 14.6. The summed E-state index contributed by atoms with van der Waals surface area (Å²) >= 11 is 6.12. The van der Waals surface area contributed by atoms with Gasteiger partial charge in [0.05, 0.1) is 25.0 Å². The van der Waals surface area contributed by atoms with Crippen LogP contribution in [0.2, 0.25) is 5.02 Å². The third kappa shape index (κ3) is 4.04. The van der Waals surface area contributed by atoms with Gasteiger partial charge in [0.1, 0.15) is 6.04 Å². The molecule has 1 atom stereocenters. The van der Waals surface area contributed by atoms with E-state index in [9.17, 15) is 4.79 Å². The third-order valence-electron chi connectivity index (χ3n) is 5.31. The van der Waals surface area contributed by atoms with Crippen LogP contribution in [-0.4, -0.2) is 65.1 Å². The van der Waals surface area contributed by atoms with E-state index in [2.05, 4.69) is 9.99 Å². The van der Waals surface area contributed by atoms with Crippen molar-refractivity contribution in [2.45, 2.75) is 13.0 Å². The van der Waals surface area contributed by atoms with Crippen molar-refractivity contribution >= 4 is 17.6 Å². The van der Waals surface area contributed by atoms with E-state index in [1.807, 2.05) is 66.3 Å². The minimum atomic E-state index is -0.342. The van der Waals surface area contributed by atoms with Gasteiger partial charge >= 0.3 is 5.97 Å². The Morgan fingerprint density at radius 3 is 2.57 bits per heavy atom. The number of carbonyl (C=O) groups is 1. The number of halogens is 1. The highest BCUT2D eigenvalue weighted by molar-refractivity contribution is 6.30. The average Bonchev–Trinajstić information content (AvgIpc) is 3.20. The zero-order valence-electron chi connectivity index (χ0n) is 17.0. The highest BCUT2D eigenvalue weighted by Gasteiger charge is 2.33. The molecule has 156 valence electrons. The van der Waals surface area contributed by atoms with Gasteiger partial charge in [-0.3, -0.25) is 19.7 Å². The van der Waals surface area contributed by atoms with Gasteiger partial charge in [-0.1, -0.05) is 23.7 Å². The smallest absolute Gasteiger partial charge is 0.325 e. The molecule has 4 rings (SSSR count). The zero-order valence-corrected chi connectivity index (χ0v) is 17.8. The summed E-state index contributed by atoms with van der Waals surface area (Å²) in [5.74, 6) is -0.209. The number of rotatable bonds is 5. The van der Waals surface area contributed by atoms with Crippen molar-refractivity contribution in [1.82, 2.24) is 19.8 Å². The molecule has 0 saturated carbocycles. The fourth-order valence-corrected chi connectivity index (χ4v) is 3.83. The summed E-state index contributed by atoms with van der Waals surface area (Å²) in [4.78, 5) is 20.5. The van der Waals surface area contributed by atoms with Crippen molar-refractivity contribution in [3.63, 3.8) is 0 Å². The summed E-state index contributed by atoms with van der Waals surface area (Å²) in [7, 11) is 1.95. The fraction of sp³-hybridized carbons (Fsp3) is 0.318. The maximum atomic E-state index is 12.5. The third-order valence-corrected chi connectivity index (χ3v) is 5.57. The molecule has 1 fully saturated rings. The van der Waals surface area contributed by atoms with Crippen LogP contribution in [-0.2, 0) is 9.53 Å². The number of likely N-dealkylation sites (N-methyl/N-ethyl adjacent to an activating group) is 1. The first kappa shape index (κ1) is 20.4. The number of nitrogens with zero attached hydrogens (tertiary/aromatic N) is 5. The molecule has 1 aromatic carbocycles. The summed E-state index contributed by atoms with van der Waals surface area (Å²) < 4.78 is 5.28. The lowest BCUT2D eigenvalue weighted by Crippen LogP contribution is -2.58. The first-order valence-corrected chi connectivity index (χ1v) is 10.3. The number of ether oxygens (including phenoxy) is 1. The molecule has 1 aliphatic heterocycles. The standard InChI is InChI=1S/C22H24ClN5O2/c1-3-30-22(29)20-15-27(13-12-26(20)2)28-21(17-4-6-18(23)7-5-17)19(14-25-28)16-8-10-24-11-9-16/h4-11,14,20H,3,12-13,15H2,1-2H3. The van der Waals surface area contributed by atoms with Crippen LogP contribution in [0.1, 0.15) is 6.92 Å². The molecule has 0 amide bonds. The van der Waals surface area contributed by atoms with E-state index >= 15 is 0 Å². The lowest BCUT2D eigenvalue weighted by molar-refractivity contribution is -0.149. The summed E-state index contributed by atoms with van der Waals surface area (Å²) in [5.41, 5.74) is 3.96. The van der Waals surface area contributed by atoms with Crippen LogP contribution in [0.15, 0.2) is 55.0 Å². The minimum Gasteiger partial charge on any atom is -0.465 e. The van der Waals surface area contributed by atoms with Gasteiger partial charge in [0.2, 0.25) is 0 Å². The number of hydrogen-bond donors (Lipinski definition) is 0. The second-order valence-corrected chi connectivity index (χ2v) is 7.64. The van der Waals surface area contributed by atoms with Crippen LogP contribution < -0.4 is 5.01 Å². The Morgan fingerprint density at radius 1 is 1.13 bits per heavy atom. The van der Waals surface area contributed by atoms with Gasteiger partial charge in [-0.05, 0) is 43.8 Å². The molecule has 8 heteroatoms. The predicted octanol–water partition coefficient (Wildman–Crippen LogP) is 3.08. The predicted molar refractivity (Wildman–Crippen MR) is 117 cm³/mol. The van der Waals surface area contributed by atoms with Gasteiger partial charge in [-0.2, -0.15) is 9.89 Å². The van der Waals surface area contributed by atoms with Crippen molar-refractivity contribution in [2.24, 2.45) is 0 Å². The highest BCUT2D eigenvalue weighted by atomic mass is 35.5. The van der Waals surface area contributed by atoms with Gasteiger partial charge in [0.25, 0.3) is 0 Å². The second kappa shape index (κ2) is 8.85. The normalized spacial score (nSPS) is 17.2. The van der Waals surface area contributed by atoms with Crippen LogP contribution >= 0.6 is 11.6 Å². The van der Waals surface area contributed by atoms with Gasteiger partial charge in [-0.25, -0.2) is 0 Å². The molecule has 3 heterocycles. The molecule has 3 aromatic rings. The Morgan fingerprint density at radius 2 is 1.87 bits per heavy atom. The van der Waals surface area contributed by atoms with Gasteiger partial charge < -0.3 is 4.74 Å². The van der Waals surface area contributed by atoms with E-state index in [0.717, 1.165) is 35.5 Å². The van der Waals surface area contributed by atoms with Crippen LogP contribution in [0.5, 0.6) is 0 Å². The minimum absolute atomic E-state index is 0.209. The van der Waals surface area contributed by atoms with E-state index < -0.39 is 0 Å². The van der Waals surface area contributed by atoms with Crippen LogP contribution in [0.3, 0.4) is 0 Å². The molecule has 1 unspecified atom stereocenters. The Bertz CT molecular complexity index is 1010. The average molecular weight is 426 g/mol. The monoisotopic (exact) mass is 425 g/mol. The molecule has 0 aliphatic carbocycles. The second-order valence-electron chi connectivity index (χ2n) is 7.20. The number of pyridine rings is 1. The van der Waals surface area contributed by atoms with Gasteiger partial charge in [0, 0.05) is 41.6 Å². The van der Waals surface area contributed by atoms with Crippen molar-refractivity contribution in [3.8, 4) is 22.4 Å². The summed E-state index contributed by atoms with van der Waals surface area (Å²) in [6.45, 7) is 4.16. The lowest BCUT2D eigenvalue weighted by Gasteiger charge is -2.39. The van der Waals surface area contributed by atoms with E-state index in [1.54, 1.807) is 12.4 Å². The highest BCUT2D eigenvalue weighted by Crippen LogP contribution is 2.33. The van der Waals surface area contributed by atoms with Gasteiger partial charge in [-0.15, -0.1) is 0 Å². The molecule has 1 aliphatic rings. The van der Waals surface area contributed by atoms with Gasteiger partial charge in [0.15, 0.2) is 0 Å². The molecular weight excluding hydrogens is 402 g/mol.